The maximum Gasteiger partial charge on any atom is 0.204 e. The molecule has 0 radical (unpaired) electrons. The number of allylic oxidation sites excluding steroid dienone is 4. The van der Waals surface area contributed by atoms with Crippen molar-refractivity contribution >= 4 is 21.9 Å². The Bertz CT molecular complexity index is 1760. The van der Waals surface area contributed by atoms with Crippen LogP contribution in [0.4, 0.5) is 0 Å². The third-order valence-corrected chi connectivity index (χ3v) is 10.9. The van der Waals surface area contributed by atoms with Crippen LogP contribution in [-0.2, 0) is 24.2 Å². The van der Waals surface area contributed by atoms with Crippen LogP contribution in [-0.4, -0.2) is 85.7 Å². The van der Waals surface area contributed by atoms with Crippen molar-refractivity contribution in [3.05, 3.63) is 62.3 Å². The van der Waals surface area contributed by atoms with Gasteiger partial charge in [0.05, 0.1) is 38.4 Å². The van der Waals surface area contributed by atoms with Gasteiger partial charge < -0.3 is 33.7 Å². The van der Waals surface area contributed by atoms with Crippen molar-refractivity contribution in [2.24, 2.45) is 0 Å². The number of nitrogens with zero attached hydrogens (tertiary/aromatic N) is 2. The van der Waals surface area contributed by atoms with Crippen molar-refractivity contribution in [2.45, 2.75) is 118 Å². The summed E-state index contributed by atoms with van der Waals surface area (Å²) >= 11 is 0. The molecule has 9 heteroatoms. The van der Waals surface area contributed by atoms with E-state index in [1.54, 1.807) is 12.1 Å². The molecular weight excluding hydrogens is 681 g/mol. The highest BCUT2D eigenvalue weighted by Crippen LogP contribution is 2.39. The maximum atomic E-state index is 14.5. The van der Waals surface area contributed by atoms with E-state index in [0.29, 0.717) is 65.2 Å². The van der Waals surface area contributed by atoms with Gasteiger partial charge in [-0.1, -0.05) is 55.4 Å². The second-order valence-electron chi connectivity index (χ2n) is 15.7. The summed E-state index contributed by atoms with van der Waals surface area (Å²) in [5.74, 6) is 0.958. The molecule has 0 atom stereocenters. The van der Waals surface area contributed by atoms with Gasteiger partial charge in [0.2, 0.25) is 5.43 Å². The van der Waals surface area contributed by atoms with Crippen molar-refractivity contribution in [1.82, 2.24) is 9.80 Å². The minimum atomic E-state index is -0.318. The Hall–Kier alpha value is -3.37. The Morgan fingerprint density at radius 2 is 1.20 bits per heavy atom. The molecule has 5 rings (SSSR count). The number of phenols is 1. The van der Waals surface area contributed by atoms with Crippen LogP contribution in [0.25, 0.3) is 21.9 Å². The van der Waals surface area contributed by atoms with Crippen molar-refractivity contribution in [1.29, 1.82) is 0 Å². The number of aromatic hydroxyl groups is 1. The maximum absolute atomic E-state index is 14.5. The molecule has 3 aromatic rings. The molecule has 1 aromatic heterocycles. The summed E-state index contributed by atoms with van der Waals surface area (Å²) < 4.78 is 24.6. The van der Waals surface area contributed by atoms with Gasteiger partial charge in [0.25, 0.3) is 0 Å². The molecule has 9 nitrogen and oxygen atoms in total. The summed E-state index contributed by atoms with van der Waals surface area (Å²) in [6.45, 7) is 17.2. The van der Waals surface area contributed by atoms with Crippen molar-refractivity contribution in [3.63, 3.8) is 0 Å². The Morgan fingerprint density at radius 3 is 1.78 bits per heavy atom. The highest BCUT2D eigenvalue weighted by molar-refractivity contribution is 5.97. The van der Waals surface area contributed by atoms with E-state index in [2.05, 4.69) is 9.80 Å². The van der Waals surface area contributed by atoms with Gasteiger partial charge >= 0.3 is 0 Å². The topological polar surface area (TPSA) is 105 Å². The monoisotopic (exact) mass is 746 g/mol. The van der Waals surface area contributed by atoms with Gasteiger partial charge in [0.1, 0.15) is 33.8 Å². The second-order valence-corrected chi connectivity index (χ2v) is 15.7. The van der Waals surface area contributed by atoms with Crippen molar-refractivity contribution < 1.29 is 28.8 Å². The van der Waals surface area contributed by atoms with Gasteiger partial charge in [-0.2, -0.15) is 0 Å². The number of aliphatic hydroxyl groups is 1. The molecule has 0 saturated carbocycles. The number of benzene rings is 2. The van der Waals surface area contributed by atoms with Crippen molar-refractivity contribution in [3.8, 4) is 17.2 Å². The number of likely N-dealkylation sites (tertiary alicyclic amines) is 1. The molecule has 2 fully saturated rings. The van der Waals surface area contributed by atoms with E-state index in [-0.39, 0.29) is 28.8 Å². The standard InChI is InChI=1S/C45H66N2O7/c1-33(2)16-18-35-37(32-48)39(53-27-15-8-6-11-23-47-24-28-51-29-25-47)31-40-42(35)45(50)43-41(54-40)30-38(36(44(43)49)19-17-34(3)4)52-26-14-7-5-10-20-46-21-12-9-13-22-46/h16-17,30-31,48-49H,5-15,18-29,32H2,1-4H3. The molecule has 0 bridgehead atoms. The average molecular weight is 747 g/mol. The first-order valence-corrected chi connectivity index (χ1v) is 20.7. The molecule has 2 aromatic carbocycles. The zero-order valence-electron chi connectivity index (χ0n) is 33.6. The molecule has 2 N–H and O–H groups in total. The number of rotatable bonds is 21. The van der Waals surface area contributed by atoms with Crippen LogP contribution in [0.5, 0.6) is 17.2 Å². The predicted molar refractivity (Wildman–Crippen MR) is 219 cm³/mol. The zero-order chi connectivity index (χ0) is 38.3. The molecule has 3 heterocycles. The van der Waals surface area contributed by atoms with E-state index in [1.807, 2.05) is 39.8 Å². The molecule has 0 amide bonds. The third-order valence-electron chi connectivity index (χ3n) is 10.9. The van der Waals surface area contributed by atoms with Crippen LogP contribution >= 0.6 is 0 Å². The number of phenolic OH excluding ortho intramolecular Hbond substituents is 1. The number of unbranched alkanes of at least 4 members (excludes halogenated alkanes) is 6. The Kier molecular flexibility index (Phi) is 16.8. The Morgan fingerprint density at radius 1 is 0.685 bits per heavy atom. The molecule has 0 spiro atoms. The van der Waals surface area contributed by atoms with Gasteiger partial charge in [-0.15, -0.1) is 0 Å². The van der Waals surface area contributed by atoms with E-state index < -0.39 is 0 Å². The molecule has 0 unspecified atom stereocenters. The SMILES string of the molecule is CC(C)=CCc1c(OCCCCCCN2CCCCC2)cc2oc3cc(OCCCCCCN4CCOCC4)c(CO)c(CC=C(C)C)c3c(=O)c2c1O. The largest absolute Gasteiger partial charge is 0.507 e. The lowest BCUT2D eigenvalue weighted by Gasteiger charge is -2.26. The van der Waals surface area contributed by atoms with E-state index in [1.165, 1.54) is 51.7 Å². The lowest BCUT2D eigenvalue weighted by atomic mass is 9.95. The number of ether oxygens (including phenoxy) is 3. The van der Waals surface area contributed by atoms with Gasteiger partial charge in [-0.3, -0.25) is 9.69 Å². The van der Waals surface area contributed by atoms with E-state index in [9.17, 15) is 15.0 Å². The quantitative estimate of drug-likeness (QED) is 0.0629. The lowest BCUT2D eigenvalue weighted by Crippen LogP contribution is -2.36. The van der Waals surface area contributed by atoms with E-state index >= 15 is 0 Å². The first-order valence-electron chi connectivity index (χ1n) is 20.7. The zero-order valence-corrected chi connectivity index (χ0v) is 33.6. The molecule has 54 heavy (non-hydrogen) atoms. The fourth-order valence-electron chi connectivity index (χ4n) is 7.68. The number of hydrogen-bond acceptors (Lipinski definition) is 9. The van der Waals surface area contributed by atoms with Gasteiger partial charge in [0, 0.05) is 36.3 Å². The summed E-state index contributed by atoms with van der Waals surface area (Å²) in [5, 5.41) is 23.0. The highest BCUT2D eigenvalue weighted by atomic mass is 16.5. The van der Waals surface area contributed by atoms with E-state index in [0.717, 1.165) is 82.5 Å². The third kappa shape index (κ3) is 11.8. The molecule has 2 saturated heterocycles. The van der Waals surface area contributed by atoms with Crippen LogP contribution in [0.2, 0.25) is 0 Å². The number of fused-ring (bicyclic) bond motifs is 2. The number of aliphatic hydroxyl groups excluding tert-OH is 1. The first kappa shape index (κ1) is 41.8. The fraction of sp³-hybridized carbons (Fsp3) is 0.622. The predicted octanol–water partition coefficient (Wildman–Crippen LogP) is 8.86. The van der Waals surface area contributed by atoms with Crippen LogP contribution in [0.3, 0.4) is 0 Å². The first-order chi connectivity index (χ1) is 26.3. The van der Waals surface area contributed by atoms with Crippen LogP contribution in [0, 0.1) is 0 Å². The minimum Gasteiger partial charge on any atom is -0.507 e. The number of hydrogen-bond donors (Lipinski definition) is 2. The minimum absolute atomic E-state index is 0.107. The number of piperidine rings is 1. The van der Waals surface area contributed by atoms with Gasteiger partial charge in [-0.25, -0.2) is 0 Å². The van der Waals surface area contributed by atoms with E-state index in [4.69, 9.17) is 18.6 Å². The smallest absolute Gasteiger partial charge is 0.204 e. The summed E-state index contributed by atoms with van der Waals surface area (Å²) in [7, 11) is 0. The van der Waals surface area contributed by atoms with Crippen LogP contribution in [0.15, 0.2) is 44.6 Å². The summed E-state index contributed by atoms with van der Waals surface area (Å²) in [6, 6.07) is 3.51. The van der Waals surface area contributed by atoms with Crippen LogP contribution < -0.4 is 14.9 Å². The molecule has 2 aliphatic rings. The fourth-order valence-corrected chi connectivity index (χ4v) is 7.68. The van der Waals surface area contributed by atoms with Gasteiger partial charge in [-0.05, 0) is 111 Å². The molecule has 0 aliphatic carbocycles. The number of morpholine rings is 1. The normalized spacial score (nSPS) is 15.5. The highest BCUT2D eigenvalue weighted by Gasteiger charge is 2.24. The van der Waals surface area contributed by atoms with Gasteiger partial charge in [0.15, 0.2) is 0 Å². The van der Waals surface area contributed by atoms with Crippen molar-refractivity contribution in [2.75, 3.05) is 65.7 Å². The summed E-state index contributed by atoms with van der Waals surface area (Å²) in [6.07, 6.45) is 17.5. The Labute approximate surface area is 322 Å². The van der Waals surface area contributed by atoms with Crippen LogP contribution in [0.1, 0.15) is 115 Å². The lowest BCUT2D eigenvalue weighted by molar-refractivity contribution is 0.0371. The summed E-state index contributed by atoms with van der Waals surface area (Å²) in [5.41, 5.74) is 4.36. The molecule has 2 aliphatic heterocycles. The second kappa shape index (κ2) is 21.6. The summed E-state index contributed by atoms with van der Waals surface area (Å²) in [4.78, 5) is 19.5. The average Bonchev–Trinajstić information content (AvgIpc) is 3.16. The molecular formula is C45H66N2O7. The Balaban J connectivity index is 1.36. The molecule has 298 valence electrons.